The number of hydrogen-bond donors (Lipinski definition) is 1. The zero-order valence-electron chi connectivity index (χ0n) is 24.9. The Bertz CT molecular complexity index is 1710. The Morgan fingerprint density at radius 3 is 2.52 bits per heavy atom. The lowest BCUT2D eigenvalue weighted by Gasteiger charge is -2.34. The first-order valence-corrected chi connectivity index (χ1v) is 15.5. The van der Waals surface area contributed by atoms with Crippen molar-refractivity contribution in [3.63, 3.8) is 0 Å². The highest BCUT2D eigenvalue weighted by Crippen LogP contribution is 2.38. The standard InChI is InChI=1S/C31H38N4O6S/c1-19-15-35(20(2)17-36)31(37)29-28(25-13-9-10-14-26(25)34(29)6)24-12-8-7-11-23(24)18-40-27(19)16-33(5)42(38,39)30-21(3)32-41-22(30)4/h7-14,19-20,27,36H,15-18H2,1-6H3/t19-,20+,27+/m0/s1. The summed E-state index contributed by atoms with van der Waals surface area (Å²) in [5.74, 6) is -0.263. The number of hydrogen-bond acceptors (Lipinski definition) is 7. The molecular weight excluding hydrogens is 556 g/mol. The molecule has 0 fully saturated rings. The normalized spacial score (nSPS) is 19.0. The van der Waals surface area contributed by atoms with Gasteiger partial charge in [0.15, 0.2) is 5.76 Å². The summed E-state index contributed by atoms with van der Waals surface area (Å²) in [4.78, 5) is 16.2. The number of benzene rings is 2. The van der Waals surface area contributed by atoms with Crippen LogP contribution in [0.4, 0.5) is 0 Å². The average molecular weight is 595 g/mol. The SMILES string of the molecule is Cc1noc(C)c1S(=O)(=O)N(C)C[C@H]1OCc2ccccc2-c2c(n(C)c3ccccc23)C(=O)N([C@H](C)CO)C[C@@H]1C. The molecule has 2 aromatic carbocycles. The average Bonchev–Trinajstić information content (AvgIpc) is 3.47. The van der Waals surface area contributed by atoms with Crippen molar-refractivity contribution in [1.82, 2.24) is 18.9 Å². The maximum absolute atomic E-state index is 14.5. The monoisotopic (exact) mass is 594 g/mol. The van der Waals surface area contributed by atoms with Crippen molar-refractivity contribution < 1.29 is 27.6 Å². The van der Waals surface area contributed by atoms with Crippen LogP contribution in [-0.4, -0.2) is 77.3 Å². The van der Waals surface area contributed by atoms with Gasteiger partial charge in [-0.15, -0.1) is 0 Å². The fraction of sp³-hybridized carbons (Fsp3) is 0.419. The fourth-order valence-electron chi connectivity index (χ4n) is 5.88. The molecule has 0 radical (unpaired) electrons. The molecule has 1 aliphatic rings. The van der Waals surface area contributed by atoms with Gasteiger partial charge >= 0.3 is 0 Å². The van der Waals surface area contributed by atoms with Crippen LogP contribution in [0.3, 0.4) is 0 Å². The van der Waals surface area contributed by atoms with Crippen LogP contribution in [0.25, 0.3) is 22.0 Å². The van der Waals surface area contributed by atoms with Crippen LogP contribution in [-0.2, 0) is 28.4 Å². The molecule has 11 heteroatoms. The molecule has 3 atom stereocenters. The minimum atomic E-state index is -3.92. The first-order chi connectivity index (χ1) is 20.0. The minimum Gasteiger partial charge on any atom is -0.394 e. The molecule has 0 saturated heterocycles. The Labute approximate surface area is 246 Å². The molecule has 5 rings (SSSR count). The number of carbonyl (C=O) groups is 1. The van der Waals surface area contributed by atoms with E-state index in [0.717, 1.165) is 27.6 Å². The van der Waals surface area contributed by atoms with Crippen molar-refractivity contribution in [3.05, 3.63) is 71.2 Å². The van der Waals surface area contributed by atoms with Gasteiger partial charge in [0.05, 0.1) is 25.4 Å². The van der Waals surface area contributed by atoms with Crippen molar-refractivity contribution in [2.75, 3.05) is 26.7 Å². The van der Waals surface area contributed by atoms with Gasteiger partial charge in [0.1, 0.15) is 16.3 Å². The maximum Gasteiger partial charge on any atom is 0.271 e. The number of aliphatic hydroxyl groups excluding tert-OH is 1. The number of likely N-dealkylation sites (N-methyl/N-ethyl adjacent to an activating group) is 1. The second-order valence-corrected chi connectivity index (χ2v) is 13.2. The lowest BCUT2D eigenvalue weighted by atomic mass is 9.96. The molecule has 2 aromatic heterocycles. The first-order valence-electron chi connectivity index (χ1n) is 14.1. The second kappa shape index (κ2) is 11.6. The number of aliphatic hydroxyl groups is 1. The number of amides is 1. The number of aromatic nitrogens is 2. The Kier molecular flexibility index (Phi) is 8.30. The van der Waals surface area contributed by atoms with E-state index in [4.69, 9.17) is 9.26 Å². The number of nitrogens with zero attached hydrogens (tertiary/aromatic N) is 4. The lowest BCUT2D eigenvalue weighted by molar-refractivity contribution is -0.0147. The predicted octanol–water partition coefficient (Wildman–Crippen LogP) is 4.13. The summed E-state index contributed by atoms with van der Waals surface area (Å²) >= 11 is 0. The molecule has 1 amide bonds. The Morgan fingerprint density at radius 2 is 1.83 bits per heavy atom. The maximum atomic E-state index is 14.5. The molecule has 0 saturated carbocycles. The van der Waals surface area contributed by atoms with Crippen LogP contribution in [0, 0.1) is 19.8 Å². The second-order valence-electron chi connectivity index (χ2n) is 11.2. The summed E-state index contributed by atoms with van der Waals surface area (Å²) in [5, 5.41) is 15.0. The smallest absolute Gasteiger partial charge is 0.271 e. The molecule has 1 aliphatic heterocycles. The number of aryl methyl sites for hydroxylation is 3. The van der Waals surface area contributed by atoms with E-state index in [2.05, 4.69) is 5.16 Å². The highest BCUT2D eigenvalue weighted by molar-refractivity contribution is 7.89. The van der Waals surface area contributed by atoms with Crippen LogP contribution >= 0.6 is 0 Å². The number of fused-ring (bicyclic) bond motifs is 5. The van der Waals surface area contributed by atoms with Crippen molar-refractivity contribution in [3.8, 4) is 11.1 Å². The van der Waals surface area contributed by atoms with E-state index in [-0.39, 0.29) is 48.8 Å². The first kappa shape index (κ1) is 30.0. The van der Waals surface area contributed by atoms with Gasteiger partial charge in [-0.25, -0.2) is 8.42 Å². The summed E-state index contributed by atoms with van der Waals surface area (Å²) in [6.45, 7) is 7.22. The number of ether oxygens (including phenoxy) is 1. The fourth-order valence-corrected chi connectivity index (χ4v) is 7.34. The van der Waals surface area contributed by atoms with Crippen molar-refractivity contribution >= 4 is 26.8 Å². The van der Waals surface area contributed by atoms with E-state index in [0.29, 0.717) is 11.4 Å². The molecule has 1 N–H and O–H groups in total. The summed E-state index contributed by atoms with van der Waals surface area (Å²) < 4.78 is 42.0. The quantitative estimate of drug-likeness (QED) is 0.357. The molecule has 0 unspecified atom stereocenters. The van der Waals surface area contributed by atoms with Gasteiger partial charge in [-0.05, 0) is 38.0 Å². The lowest BCUT2D eigenvalue weighted by Crippen LogP contribution is -2.48. The van der Waals surface area contributed by atoms with E-state index >= 15 is 0 Å². The van der Waals surface area contributed by atoms with E-state index in [1.807, 2.05) is 74.0 Å². The van der Waals surface area contributed by atoms with Crippen LogP contribution in [0.15, 0.2) is 57.9 Å². The molecule has 0 spiro atoms. The zero-order valence-corrected chi connectivity index (χ0v) is 25.7. The third kappa shape index (κ3) is 5.15. The largest absolute Gasteiger partial charge is 0.394 e. The highest BCUT2D eigenvalue weighted by Gasteiger charge is 2.36. The Morgan fingerprint density at radius 1 is 1.14 bits per heavy atom. The van der Waals surface area contributed by atoms with Crippen LogP contribution in [0.5, 0.6) is 0 Å². The molecular formula is C31H38N4O6S. The Hall–Kier alpha value is -3.51. The minimum absolute atomic E-state index is 0.0428. The molecule has 42 heavy (non-hydrogen) atoms. The van der Waals surface area contributed by atoms with Crippen LogP contribution in [0.2, 0.25) is 0 Å². The van der Waals surface area contributed by atoms with Crippen LogP contribution in [0.1, 0.15) is 41.4 Å². The number of para-hydroxylation sites is 1. The summed E-state index contributed by atoms with van der Waals surface area (Å²) in [6, 6.07) is 15.3. The molecule has 0 bridgehead atoms. The van der Waals surface area contributed by atoms with Gasteiger partial charge < -0.3 is 23.8 Å². The van der Waals surface area contributed by atoms with Gasteiger partial charge in [-0.1, -0.05) is 54.5 Å². The third-order valence-corrected chi connectivity index (χ3v) is 10.4. The van der Waals surface area contributed by atoms with Gasteiger partial charge in [0, 0.05) is 49.6 Å². The third-order valence-electron chi connectivity index (χ3n) is 8.30. The van der Waals surface area contributed by atoms with Gasteiger partial charge in [0.2, 0.25) is 10.0 Å². The molecule has 10 nitrogen and oxygen atoms in total. The topological polar surface area (TPSA) is 118 Å². The van der Waals surface area contributed by atoms with Crippen molar-refractivity contribution in [2.24, 2.45) is 13.0 Å². The molecule has 0 aliphatic carbocycles. The van der Waals surface area contributed by atoms with E-state index in [1.165, 1.54) is 11.4 Å². The van der Waals surface area contributed by atoms with Gasteiger partial charge in [-0.3, -0.25) is 4.79 Å². The van der Waals surface area contributed by atoms with Crippen LogP contribution < -0.4 is 0 Å². The molecule has 4 aromatic rings. The van der Waals surface area contributed by atoms with E-state index in [9.17, 15) is 18.3 Å². The number of rotatable bonds is 6. The van der Waals surface area contributed by atoms with Gasteiger partial charge in [0.25, 0.3) is 5.91 Å². The molecule has 3 heterocycles. The van der Waals surface area contributed by atoms with E-state index in [1.54, 1.807) is 18.7 Å². The highest BCUT2D eigenvalue weighted by atomic mass is 32.2. The Balaban J connectivity index is 1.62. The number of sulfonamides is 1. The predicted molar refractivity (Wildman–Crippen MR) is 159 cm³/mol. The summed E-state index contributed by atoms with van der Waals surface area (Å²) in [5.41, 5.74) is 4.34. The van der Waals surface area contributed by atoms with E-state index < -0.39 is 22.2 Å². The van der Waals surface area contributed by atoms with Gasteiger partial charge in [-0.2, -0.15) is 4.31 Å². The number of carbonyl (C=O) groups excluding carboxylic acids is 1. The summed E-state index contributed by atoms with van der Waals surface area (Å²) in [7, 11) is -0.521. The van der Waals surface area contributed by atoms with Crippen molar-refractivity contribution in [2.45, 2.75) is 51.3 Å². The zero-order chi connectivity index (χ0) is 30.3. The molecule has 224 valence electrons. The van der Waals surface area contributed by atoms with Crippen molar-refractivity contribution in [1.29, 1.82) is 0 Å². The summed E-state index contributed by atoms with van der Waals surface area (Å²) in [6.07, 6.45) is -0.572.